The number of carbonyl (C=O) groups is 3. The summed E-state index contributed by atoms with van der Waals surface area (Å²) in [7, 11) is 0. The van der Waals surface area contributed by atoms with Gasteiger partial charge in [-0.15, -0.1) is 0 Å². The molecule has 0 aliphatic carbocycles. The molecule has 2 amide bonds. The van der Waals surface area contributed by atoms with Gasteiger partial charge in [0, 0.05) is 44.0 Å². The first-order valence-corrected chi connectivity index (χ1v) is 8.15. The third-order valence-electron chi connectivity index (χ3n) is 3.77. The molecule has 0 unspecified atom stereocenters. The van der Waals surface area contributed by atoms with Crippen molar-refractivity contribution in [2.24, 2.45) is 0 Å². The van der Waals surface area contributed by atoms with Crippen molar-refractivity contribution in [3.05, 3.63) is 33.8 Å². The average molecular weight is 357 g/mol. The van der Waals surface area contributed by atoms with Crippen LogP contribution in [0.25, 0.3) is 0 Å². The molecule has 0 atom stereocenters. The van der Waals surface area contributed by atoms with E-state index in [9.17, 15) is 14.4 Å². The highest BCUT2D eigenvalue weighted by Crippen LogP contribution is 2.22. The number of piperazine rings is 1. The van der Waals surface area contributed by atoms with E-state index in [0.29, 0.717) is 41.8 Å². The zero-order valence-electron chi connectivity index (χ0n) is 12.8. The highest BCUT2D eigenvalue weighted by Gasteiger charge is 2.25. The second-order valence-corrected chi connectivity index (χ2v) is 6.34. The van der Waals surface area contributed by atoms with Crippen molar-refractivity contribution in [1.82, 2.24) is 9.80 Å². The van der Waals surface area contributed by atoms with Gasteiger partial charge in [0.1, 0.15) is 5.78 Å². The van der Waals surface area contributed by atoms with E-state index in [-0.39, 0.29) is 30.4 Å². The number of amides is 2. The van der Waals surface area contributed by atoms with Gasteiger partial charge in [-0.25, -0.2) is 0 Å². The number of rotatable bonds is 4. The Hall–Kier alpha value is -1.59. The van der Waals surface area contributed by atoms with Crippen LogP contribution in [0.3, 0.4) is 0 Å². The maximum Gasteiger partial charge on any atom is 0.255 e. The minimum Gasteiger partial charge on any atom is -0.339 e. The largest absolute Gasteiger partial charge is 0.339 e. The monoisotopic (exact) mass is 356 g/mol. The smallest absolute Gasteiger partial charge is 0.255 e. The summed E-state index contributed by atoms with van der Waals surface area (Å²) in [4.78, 5) is 38.8. The number of hydrogen-bond acceptors (Lipinski definition) is 3. The molecule has 1 fully saturated rings. The average Bonchev–Trinajstić information content (AvgIpc) is 2.54. The van der Waals surface area contributed by atoms with Gasteiger partial charge in [-0.05, 0) is 25.1 Å². The van der Waals surface area contributed by atoms with E-state index in [4.69, 9.17) is 23.2 Å². The molecular formula is C16H18Cl2N2O3. The highest BCUT2D eigenvalue weighted by atomic mass is 35.5. The quantitative estimate of drug-likeness (QED) is 0.833. The second kappa shape index (κ2) is 7.79. The van der Waals surface area contributed by atoms with Crippen molar-refractivity contribution in [3.63, 3.8) is 0 Å². The normalized spacial score (nSPS) is 14.7. The standard InChI is InChI=1S/C16H18Cl2N2O3/c1-11(21)2-5-15(22)19-6-8-20(9-7-19)16(23)13-10-12(17)3-4-14(13)18/h3-4,10H,2,5-9H2,1H3. The molecule has 1 heterocycles. The molecule has 0 bridgehead atoms. The zero-order chi connectivity index (χ0) is 17.0. The lowest BCUT2D eigenvalue weighted by atomic mass is 10.1. The van der Waals surface area contributed by atoms with Crippen LogP contribution in [0.1, 0.15) is 30.1 Å². The first-order chi connectivity index (χ1) is 10.9. The molecule has 0 spiro atoms. The number of ketones is 1. The van der Waals surface area contributed by atoms with Gasteiger partial charge < -0.3 is 14.6 Å². The van der Waals surface area contributed by atoms with Gasteiger partial charge in [0.25, 0.3) is 5.91 Å². The lowest BCUT2D eigenvalue weighted by Gasteiger charge is -2.35. The number of halogens is 2. The first kappa shape index (κ1) is 17.8. The van der Waals surface area contributed by atoms with E-state index in [1.807, 2.05) is 0 Å². The lowest BCUT2D eigenvalue weighted by molar-refractivity contribution is -0.134. The van der Waals surface area contributed by atoms with Crippen LogP contribution in [-0.2, 0) is 9.59 Å². The Morgan fingerprint density at radius 2 is 1.61 bits per heavy atom. The van der Waals surface area contributed by atoms with Crippen molar-refractivity contribution in [1.29, 1.82) is 0 Å². The molecule has 0 N–H and O–H groups in total. The Bertz CT molecular complexity index is 626. The summed E-state index contributed by atoms with van der Waals surface area (Å²) in [5, 5.41) is 0.815. The molecule has 0 aromatic heterocycles. The van der Waals surface area contributed by atoms with Gasteiger partial charge >= 0.3 is 0 Å². The van der Waals surface area contributed by atoms with Crippen molar-refractivity contribution in [3.8, 4) is 0 Å². The first-order valence-electron chi connectivity index (χ1n) is 7.40. The summed E-state index contributed by atoms with van der Waals surface area (Å²) < 4.78 is 0. The van der Waals surface area contributed by atoms with Gasteiger partial charge in [0.15, 0.2) is 0 Å². The molecule has 124 valence electrons. The molecule has 0 radical (unpaired) electrons. The summed E-state index contributed by atoms with van der Waals surface area (Å²) in [6, 6.07) is 4.78. The zero-order valence-corrected chi connectivity index (χ0v) is 14.4. The minimum atomic E-state index is -0.187. The fourth-order valence-electron chi connectivity index (χ4n) is 2.43. The summed E-state index contributed by atoms with van der Waals surface area (Å²) in [6.07, 6.45) is 0.486. The topological polar surface area (TPSA) is 57.7 Å². The number of hydrogen-bond donors (Lipinski definition) is 0. The van der Waals surface area contributed by atoms with Crippen LogP contribution in [0.5, 0.6) is 0 Å². The molecule has 1 aliphatic heterocycles. The van der Waals surface area contributed by atoms with Gasteiger partial charge in [0.2, 0.25) is 5.91 Å². The molecule has 23 heavy (non-hydrogen) atoms. The number of nitrogens with zero attached hydrogens (tertiary/aromatic N) is 2. The molecule has 0 saturated carbocycles. The Morgan fingerprint density at radius 1 is 1.00 bits per heavy atom. The SMILES string of the molecule is CC(=O)CCC(=O)N1CCN(C(=O)c2cc(Cl)ccc2Cl)CC1. The molecule has 1 aliphatic rings. The molecule has 7 heteroatoms. The van der Waals surface area contributed by atoms with Gasteiger partial charge in [-0.1, -0.05) is 23.2 Å². The fraction of sp³-hybridized carbons (Fsp3) is 0.438. The van der Waals surface area contributed by atoms with E-state index in [2.05, 4.69) is 0 Å². The van der Waals surface area contributed by atoms with Crippen LogP contribution in [0.15, 0.2) is 18.2 Å². The van der Waals surface area contributed by atoms with Gasteiger partial charge in [-0.3, -0.25) is 9.59 Å². The predicted octanol–water partition coefficient (Wildman–Crippen LogP) is 2.65. The summed E-state index contributed by atoms with van der Waals surface area (Å²) in [6.45, 7) is 3.26. The van der Waals surface area contributed by atoms with Gasteiger partial charge in [0.05, 0.1) is 10.6 Å². The predicted molar refractivity (Wildman–Crippen MR) is 88.9 cm³/mol. The molecule has 1 aromatic rings. The minimum absolute atomic E-state index is 0.00256. The van der Waals surface area contributed by atoms with E-state index < -0.39 is 0 Å². The van der Waals surface area contributed by atoms with Crippen LogP contribution in [0, 0.1) is 0 Å². The van der Waals surface area contributed by atoms with Crippen molar-refractivity contribution < 1.29 is 14.4 Å². The number of carbonyl (C=O) groups excluding carboxylic acids is 3. The Kier molecular flexibility index (Phi) is 6.02. The van der Waals surface area contributed by atoms with Crippen molar-refractivity contribution >= 4 is 40.8 Å². The molecule has 1 aromatic carbocycles. The van der Waals surface area contributed by atoms with E-state index in [1.54, 1.807) is 28.0 Å². The van der Waals surface area contributed by atoms with Crippen molar-refractivity contribution in [2.45, 2.75) is 19.8 Å². The Labute approximate surface area is 145 Å². The molecule has 5 nitrogen and oxygen atoms in total. The van der Waals surface area contributed by atoms with E-state index in [1.165, 1.54) is 6.92 Å². The number of benzene rings is 1. The van der Waals surface area contributed by atoms with Gasteiger partial charge in [-0.2, -0.15) is 0 Å². The Balaban J connectivity index is 1.93. The summed E-state index contributed by atoms with van der Waals surface area (Å²) in [5.41, 5.74) is 0.371. The number of Topliss-reactive ketones (excluding diaryl/α,β-unsaturated/α-hetero) is 1. The van der Waals surface area contributed by atoms with E-state index >= 15 is 0 Å². The molecule has 2 rings (SSSR count). The van der Waals surface area contributed by atoms with Crippen LogP contribution in [0.2, 0.25) is 10.0 Å². The van der Waals surface area contributed by atoms with Crippen LogP contribution in [0.4, 0.5) is 0 Å². The third-order valence-corrected chi connectivity index (χ3v) is 4.33. The Morgan fingerprint density at radius 3 is 2.22 bits per heavy atom. The van der Waals surface area contributed by atoms with E-state index in [0.717, 1.165) is 0 Å². The van der Waals surface area contributed by atoms with Crippen molar-refractivity contribution in [2.75, 3.05) is 26.2 Å². The second-order valence-electron chi connectivity index (χ2n) is 5.50. The molecular weight excluding hydrogens is 339 g/mol. The fourth-order valence-corrected chi connectivity index (χ4v) is 2.80. The molecule has 1 saturated heterocycles. The van der Waals surface area contributed by atoms with Crippen LogP contribution < -0.4 is 0 Å². The highest BCUT2D eigenvalue weighted by molar-refractivity contribution is 6.35. The van der Waals surface area contributed by atoms with Crippen LogP contribution >= 0.6 is 23.2 Å². The lowest BCUT2D eigenvalue weighted by Crippen LogP contribution is -2.50. The summed E-state index contributed by atoms with van der Waals surface area (Å²) >= 11 is 12.0. The summed E-state index contributed by atoms with van der Waals surface area (Å²) in [5.74, 6) is -0.232. The van der Waals surface area contributed by atoms with Crippen LogP contribution in [-0.4, -0.2) is 53.6 Å². The maximum absolute atomic E-state index is 12.5. The maximum atomic E-state index is 12.5. The third kappa shape index (κ3) is 4.69.